The zero-order chi connectivity index (χ0) is 19.0. The van der Waals surface area contributed by atoms with Crippen molar-refractivity contribution >= 4 is 21.5 Å². The first-order valence-electron chi connectivity index (χ1n) is 10.2. The molecule has 4 aromatic rings. The van der Waals surface area contributed by atoms with Crippen LogP contribution in [0.15, 0.2) is 60.7 Å². The van der Waals surface area contributed by atoms with E-state index in [1.165, 1.54) is 61.3 Å². The number of hydrogen-bond acceptors (Lipinski definition) is 0. The molecule has 0 heteroatoms. The molecule has 4 aromatic carbocycles. The van der Waals surface area contributed by atoms with Crippen LogP contribution in [0.5, 0.6) is 0 Å². The van der Waals surface area contributed by atoms with Crippen LogP contribution in [0.25, 0.3) is 32.7 Å². The van der Waals surface area contributed by atoms with Gasteiger partial charge in [0.1, 0.15) is 0 Å². The average molecular weight is 353 g/mol. The number of hydrogen-bond donors (Lipinski definition) is 0. The second-order valence-electron chi connectivity index (χ2n) is 7.73. The van der Waals surface area contributed by atoms with Crippen LogP contribution in [0.1, 0.15) is 42.5 Å². The minimum atomic E-state index is 1.07. The largest absolute Gasteiger partial charge is 0.0651 e. The maximum absolute atomic E-state index is 2.42. The first kappa shape index (κ1) is 17.8. The summed E-state index contributed by atoms with van der Waals surface area (Å²) in [5.74, 6) is 0. The molecule has 0 heterocycles. The van der Waals surface area contributed by atoms with Gasteiger partial charge in [0, 0.05) is 0 Å². The quantitative estimate of drug-likeness (QED) is 0.351. The Hall–Kier alpha value is -2.60. The molecule has 0 nitrogen and oxygen atoms in total. The van der Waals surface area contributed by atoms with Gasteiger partial charge in [-0.25, -0.2) is 0 Å². The number of benzene rings is 4. The van der Waals surface area contributed by atoms with Gasteiger partial charge in [0.2, 0.25) is 0 Å². The van der Waals surface area contributed by atoms with E-state index in [2.05, 4.69) is 88.4 Å². The lowest BCUT2D eigenvalue weighted by atomic mass is 9.86. The minimum absolute atomic E-state index is 1.07. The third-order valence-electron chi connectivity index (χ3n) is 5.79. The van der Waals surface area contributed by atoms with Gasteiger partial charge in [0.15, 0.2) is 0 Å². The third kappa shape index (κ3) is 3.14. The van der Waals surface area contributed by atoms with Gasteiger partial charge in [-0.15, -0.1) is 0 Å². The lowest BCUT2D eigenvalue weighted by Gasteiger charge is -2.17. The van der Waals surface area contributed by atoms with Crippen LogP contribution in [0.3, 0.4) is 0 Å². The maximum Gasteiger partial charge on any atom is -0.00671 e. The van der Waals surface area contributed by atoms with Crippen molar-refractivity contribution < 1.29 is 0 Å². The Balaban J connectivity index is 2.11. The molecule has 0 saturated carbocycles. The third-order valence-corrected chi connectivity index (χ3v) is 5.79. The van der Waals surface area contributed by atoms with Gasteiger partial charge in [0.25, 0.3) is 0 Å². The Morgan fingerprint density at radius 2 is 1.07 bits per heavy atom. The van der Waals surface area contributed by atoms with Crippen molar-refractivity contribution in [2.75, 3.05) is 0 Å². The molecule has 0 radical (unpaired) electrons. The van der Waals surface area contributed by atoms with Crippen molar-refractivity contribution in [2.24, 2.45) is 0 Å². The fraction of sp³-hybridized carbons (Fsp3) is 0.259. The van der Waals surface area contributed by atoms with Crippen LogP contribution in [-0.4, -0.2) is 0 Å². The van der Waals surface area contributed by atoms with E-state index in [1.54, 1.807) is 0 Å². The molecule has 0 saturated heterocycles. The lowest BCUT2D eigenvalue weighted by Crippen LogP contribution is -1.93. The Labute approximate surface area is 162 Å². The summed E-state index contributed by atoms with van der Waals surface area (Å²) in [6, 6.07) is 23.0. The number of rotatable bonds is 4. The van der Waals surface area contributed by atoms with Gasteiger partial charge in [0.05, 0.1) is 0 Å². The van der Waals surface area contributed by atoms with E-state index in [0.29, 0.717) is 0 Å². The van der Waals surface area contributed by atoms with E-state index >= 15 is 0 Å². The van der Waals surface area contributed by atoms with E-state index in [-0.39, 0.29) is 0 Å². The molecule has 0 spiro atoms. The van der Waals surface area contributed by atoms with Crippen molar-refractivity contribution in [1.29, 1.82) is 0 Å². The summed E-state index contributed by atoms with van der Waals surface area (Å²) in [4.78, 5) is 0. The monoisotopic (exact) mass is 352 g/mol. The van der Waals surface area contributed by atoms with E-state index in [1.807, 2.05) is 0 Å². The van der Waals surface area contributed by atoms with Gasteiger partial charge < -0.3 is 0 Å². The molecule has 0 N–H and O–H groups in total. The number of aryl methyl sites for hydroxylation is 4. The highest BCUT2D eigenvalue weighted by Crippen LogP contribution is 2.39. The zero-order valence-electron chi connectivity index (χ0n) is 16.9. The SMILES string of the molecule is CCCc1ccc2ccc(C)c(-c3c(C)ccc4ccc(CC)cc34)c2c1. The van der Waals surface area contributed by atoms with Gasteiger partial charge >= 0.3 is 0 Å². The Bertz CT molecular complexity index is 1130. The topological polar surface area (TPSA) is 0 Å². The van der Waals surface area contributed by atoms with E-state index in [0.717, 1.165) is 12.8 Å². The minimum Gasteiger partial charge on any atom is -0.0651 e. The fourth-order valence-corrected chi connectivity index (χ4v) is 4.28. The molecular weight excluding hydrogens is 324 g/mol. The molecule has 0 amide bonds. The first-order valence-corrected chi connectivity index (χ1v) is 10.2. The van der Waals surface area contributed by atoms with Gasteiger partial charge in [-0.05, 0) is 81.6 Å². The molecule has 0 aliphatic carbocycles. The molecule has 0 bridgehead atoms. The second kappa shape index (κ2) is 7.19. The molecule has 4 rings (SSSR count). The van der Waals surface area contributed by atoms with Gasteiger partial charge in [-0.3, -0.25) is 0 Å². The van der Waals surface area contributed by atoms with Crippen LogP contribution in [0, 0.1) is 13.8 Å². The van der Waals surface area contributed by atoms with E-state index in [4.69, 9.17) is 0 Å². The van der Waals surface area contributed by atoms with Crippen molar-refractivity contribution in [3.8, 4) is 11.1 Å². The van der Waals surface area contributed by atoms with Crippen LogP contribution < -0.4 is 0 Å². The highest BCUT2D eigenvalue weighted by Gasteiger charge is 2.14. The van der Waals surface area contributed by atoms with Crippen LogP contribution in [0.4, 0.5) is 0 Å². The highest BCUT2D eigenvalue weighted by molar-refractivity contribution is 6.08. The van der Waals surface area contributed by atoms with Crippen LogP contribution in [-0.2, 0) is 12.8 Å². The Kier molecular flexibility index (Phi) is 4.74. The fourth-order valence-electron chi connectivity index (χ4n) is 4.28. The zero-order valence-corrected chi connectivity index (χ0v) is 16.9. The Morgan fingerprint density at radius 1 is 0.593 bits per heavy atom. The Morgan fingerprint density at radius 3 is 1.59 bits per heavy atom. The van der Waals surface area contributed by atoms with Gasteiger partial charge in [-0.2, -0.15) is 0 Å². The molecule has 0 aliphatic rings. The summed E-state index contributed by atoms with van der Waals surface area (Å²) in [7, 11) is 0. The maximum atomic E-state index is 2.42. The molecule has 0 unspecified atom stereocenters. The smallest absolute Gasteiger partial charge is 0.00671 e. The summed E-state index contributed by atoms with van der Waals surface area (Å²) in [6.07, 6.45) is 3.39. The predicted molar refractivity (Wildman–Crippen MR) is 120 cm³/mol. The molecule has 0 aromatic heterocycles. The van der Waals surface area contributed by atoms with Crippen molar-refractivity contribution in [1.82, 2.24) is 0 Å². The summed E-state index contributed by atoms with van der Waals surface area (Å²) >= 11 is 0. The second-order valence-corrected chi connectivity index (χ2v) is 7.73. The summed E-state index contributed by atoms with van der Waals surface area (Å²) in [6.45, 7) is 8.99. The standard InChI is InChI=1S/C27H28/c1-5-7-21-11-15-23-13-9-19(4)27(25(23)17-21)26-18(3)8-12-22-14-10-20(6-2)16-24(22)26/h8-17H,5-7H2,1-4H3. The van der Waals surface area contributed by atoms with Crippen LogP contribution in [0.2, 0.25) is 0 Å². The van der Waals surface area contributed by atoms with Crippen molar-refractivity contribution in [3.63, 3.8) is 0 Å². The predicted octanol–water partition coefficient (Wildman–Crippen LogP) is 7.79. The van der Waals surface area contributed by atoms with Crippen molar-refractivity contribution in [3.05, 3.63) is 82.9 Å². The molecule has 0 aliphatic heterocycles. The van der Waals surface area contributed by atoms with Crippen LogP contribution >= 0.6 is 0 Å². The highest BCUT2D eigenvalue weighted by atomic mass is 14.2. The lowest BCUT2D eigenvalue weighted by molar-refractivity contribution is 0.924. The van der Waals surface area contributed by atoms with Crippen molar-refractivity contribution in [2.45, 2.75) is 47.0 Å². The van der Waals surface area contributed by atoms with Gasteiger partial charge in [-0.1, -0.05) is 80.9 Å². The molecule has 27 heavy (non-hydrogen) atoms. The molecular formula is C27H28. The van der Waals surface area contributed by atoms with E-state index < -0.39 is 0 Å². The first-order chi connectivity index (χ1) is 13.1. The summed E-state index contributed by atoms with van der Waals surface area (Å²) < 4.78 is 0. The molecule has 0 atom stereocenters. The number of fused-ring (bicyclic) bond motifs is 2. The van der Waals surface area contributed by atoms with E-state index in [9.17, 15) is 0 Å². The summed E-state index contributed by atoms with van der Waals surface area (Å²) in [5.41, 5.74) is 8.35. The molecule has 136 valence electrons. The normalized spacial score (nSPS) is 11.4. The summed E-state index contributed by atoms with van der Waals surface area (Å²) in [5, 5.41) is 5.43. The average Bonchev–Trinajstić information content (AvgIpc) is 2.68. The molecule has 0 fully saturated rings.